The van der Waals surface area contributed by atoms with E-state index in [-0.39, 0.29) is 16.0 Å². The molecule has 0 aromatic heterocycles. The Bertz CT molecular complexity index is 471. The molecule has 3 aliphatic rings. The molecule has 1 N–H and O–H groups in total. The third-order valence-corrected chi connectivity index (χ3v) is 8.23. The molecule has 3 aliphatic carbocycles. The van der Waals surface area contributed by atoms with Gasteiger partial charge in [0.2, 0.25) is 0 Å². The maximum atomic E-state index is 9.97. The highest BCUT2D eigenvalue weighted by Crippen LogP contribution is 2.77. The lowest BCUT2D eigenvalue weighted by Crippen LogP contribution is -2.46. The van der Waals surface area contributed by atoms with Gasteiger partial charge in [-0.25, -0.2) is 0 Å². The summed E-state index contributed by atoms with van der Waals surface area (Å²) in [5.41, 5.74) is 0. The van der Waals surface area contributed by atoms with E-state index in [2.05, 4.69) is 0 Å². The normalized spacial score (nSPS) is 54.6. The molecule has 0 amide bonds. The van der Waals surface area contributed by atoms with Crippen molar-refractivity contribution in [3.63, 3.8) is 0 Å². The van der Waals surface area contributed by atoms with Crippen molar-refractivity contribution in [2.24, 2.45) is 11.8 Å². The number of hydrogen-bond acceptors (Lipinski definition) is 1. The van der Waals surface area contributed by atoms with Gasteiger partial charge in [-0.2, -0.15) is 0 Å². The topological polar surface area (TPSA) is 20.2 Å². The van der Waals surface area contributed by atoms with Crippen LogP contribution in [0.2, 0.25) is 0 Å². The average molecular weight is 355 g/mol. The minimum absolute atomic E-state index is 0.129. The predicted octanol–water partition coefficient (Wildman–Crippen LogP) is 4.00. The molecular weight excluding hydrogens is 349 g/mol. The summed E-state index contributed by atoms with van der Waals surface area (Å²) in [4.78, 5) is -2.64. The smallest absolute Gasteiger partial charge is 0.167 e. The molecule has 0 aliphatic heterocycles. The van der Waals surface area contributed by atoms with Crippen molar-refractivity contribution < 1.29 is 5.11 Å². The van der Waals surface area contributed by atoms with Crippen molar-refractivity contribution in [3.05, 3.63) is 22.2 Å². The largest absolute Gasteiger partial charge is 0.389 e. The van der Waals surface area contributed by atoms with Crippen LogP contribution in [0.4, 0.5) is 0 Å². The maximum absolute atomic E-state index is 9.97. The molecule has 0 unspecified atom stereocenters. The lowest BCUT2D eigenvalue weighted by molar-refractivity contribution is 0.138. The monoisotopic (exact) mass is 352 g/mol. The van der Waals surface area contributed by atoms with Crippen molar-refractivity contribution >= 4 is 69.6 Å². The molecule has 0 heterocycles. The average Bonchev–Trinajstić information content (AvgIpc) is 2.73. The third kappa shape index (κ3) is 1.09. The fourth-order valence-electron chi connectivity index (χ4n) is 3.12. The van der Waals surface area contributed by atoms with Gasteiger partial charge in [0, 0.05) is 11.8 Å². The van der Waals surface area contributed by atoms with Gasteiger partial charge >= 0.3 is 0 Å². The highest BCUT2D eigenvalue weighted by atomic mass is 35.5. The van der Waals surface area contributed by atoms with Crippen LogP contribution < -0.4 is 0 Å². The molecule has 2 bridgehead atoms. The molecule has 1 saturated carbocycles. The molecule has 5 atom stereocenters. The highest BCUT2D eigenvalue weighted by molar-refractivity contribution is 6.65. The number of halogens is 6. The van der Waals surface area contributed by atoms with E-state index in [4.69, 9.17) is 69.6 Å². The maximum Gasteiger partial charge on any atom is 0.167 e. The van der Waals surface area contributed by atoms with Crippen molar-refractivity contribution in [1.29, 1.82) is 0 Å². The molecule has 17 heavy (non-hydrogen) atoms. The van der Waals surface area contributed by atoms with Crippen molar-refractivity contribution in [1.82, 2.24) is 0 Å². The second-order valence-electron chi connectivity index (χ2n) is 4.55. The van der Waals surface area contributed by atoms with Crippen LogP contribution in [0.5, 0.6) is 0 Å². The zero-order valence-corrected chi connectivity index (χ0v) is 12.6. The van der Waals surface area contributed by atoms with E-state index in [0.717, 1.165) is 0 Å². The van der Waals surface area contributed by atoms with E-state index in [1.807, 2.05) is 0 Å². The minimum atomic E-state index is -1.56. The summed E-state index contributed by atoms with van der Waals surface area (Å²) in [6, 6.07) is 0. The number of aliphatic hydroxyl groups is 1. The van der Waals surface area contributed by atoms with E-state index in [1.54, 1.807) is 12.2 Å². The fraction of sp³-hybridized carbons (Fsp3) is 0.600. The van der Waals surface area contributed by atoms with Crippen molar-refractivity contribution in [3.8, 4) is 0 Å². The molecular formula is C10H6Cl6O. The summed E-state index contributed by atoms with van der Waals surface area (Å²) >= 11 is 37.9. The van der Waals surface area contributed by atoms with Crippen LogP contribution in [-0.4, -0.2) is 25.3 Å². The molecule has 0 spiro atoms. The van der Waals surface area contributed by atoms with Crippen LogP contribution in [0.3, 0.4) is 0 Å². The van der Waals surface area contributed by atoms with E-state index in [9.17, 15) is 5.11 Å². The van der Waals surface area contributed by atoms with Gasteiger partial charge in [0.25, 0.3) is 0 Å². The minimum Gasteiger partial charge on any atom is -0.389 e. The second kappa shape index (κ2) is 3.44. The first-order valence-corrected chi connectivity index (χ1v) is 7.15. The van der Waals surface area contributed by atoms with Crippen LogP contribution in [-0.2, 0) is 0 Å². The second-order valence-corrected chi connectivity index (χ2v) is 7.83. The first-order chi connectivity index (χ1) is 7.70. The summed E-state index contributed by atoms with van der Waals surface area (Å²) in [5.74, 6) is -0.798. The number of fused-ring (bicyclic) bond motifs is 5. The Labute approximate surface area is 128 Å². The number of alkyl halides is 4. The van der Waals surface area contributed by atoms with Gasteiger partial charge < -0.3 is 5.11 Å². The summed E-state index contributed by atoms with van der Waals surface area (Å²) in [6.45, 7) is 0. The van der Waals surface area contributed by atoms with E-state index in [0.29, 0.717) is 0 Å². The standard InChI is InChI=1S/C10H6Cl6O/c11-6-7(12)9(14)5-3(1-2-4(5)17)8(6,13)10(9,15)16/h1-5,17H/t3-,4-,5+,8+,9-/m0/s1. The Morgan fingerprint density at radius 3 is 2.06 bits per heavy atom. The lowest BCUT2D eigenvalue weighted by Gasteiger charge is -2.34. The molecule has 94 valence electrons. The quantitative estimate of drug-likeness (QED) is 0.515. The Hall–Kier alpha value is 1.18. The molecule has 0 aromatic carbocycles. The molecule has 0 aromatic rings. The SMILES string of the molecule is O[C@H]1C=C[C@H]2[C@H]1[C@]1(Cl)C(Cl)=C(Cl)[C@@]2(Cl)C1(Cl)Cl. The summed E-state index contributed by atoms with van der Waals surface area (Å²) in [5, 5.41) is 10.3. The number of allylic oxidation sites excluding steroid dienone is 3. The molecule has 0 radical (unpaired) electrons. The van der Waals surface area contributed by atoms with Gasteiger partial charge in [0.05, 0.1) is 16.2 Å². The Morgan fingerprint density at radius 2 is 1.47 bits per heavy atom. The van der Waals surface area contributed by atoms with Crippen LogP contribution in [0.15, 0.2) is 22.2 Å². The van der Waals surface area contributed by atoms with Gasteiger partial charge in [-0.15, -0.1) is 23.2 Å². The van der Waals surface area contributed by atoms with Gasteiger partial charge in [-0.3, -0.25) is 0 Å². The van der Waals surface area contributed by atoms with Gasteiger partial charge in [0.15, 0.2) is 4.33 Å². The summed E-state index contributed by atoms with van der Waals surface area (Å²) < 4.78 is -1.56. The van der Waals surface area contributed by atoms with Gasteiger partial charge in [-0.05, 0) is 0 Å². The zero-order valence-electron chi connectivity index (χ0n) is 8.10. The van der Waals surface area contributed by atoms with Crippen LogP contribution in [0, 0.1) is 11.8 Å². The van der Waals surface area contributed by atoms with E-state index in [1.165, 1.54) is 0 Å². The third-order valence-electron chi connectivity index (χ3n) is 3.93. The van der Waals surface area contributed by atoms with Gasteiger partial charge in [0.1, 0.15) is 9.75 Å². The van der Waals surface area contributed by atoms with E-state index < -0.39 is 26.1 Å². The number of aliphatic hydroxyl groups excluding tert-OH is 1. The van der Waals surface area contributed by atoms with Crippen LogP contribution in [0.1, 0.15) is 0 Å². The van der Waals surface area contributed by atoms with E-state index >= 15 is 0 Å². The molecule has 7 heteroatoms. The lowest BCUT2D eigenvalue weighted by atomic mass is 9.83. The number of rotatable bonds is 0. The summed E-state index contributed by atoms with van der Waals surface area (Å²) in [6.07, 6.45) is 2.58. The molecule has 3 rings (SSSR count). The Kier molecular flexibility index (Phi) is 2.66. The Balaban J connectivity index is 2.32. The van der Waals surface area contributed by atoms with Crippen LogP contribution in [0.25, 0.3) is 0 Å². The van der Waals surface area contributed by atoms with Crippen LogP contribution >= 0.6 is 69.6 Å². The number of hydrogen-bond donors (Lipinski definition) is 1. The Morgan fingerprint density at radius 1 is 0.941 bits per heavy atom. The first-order valence-electron chi connectivity index (χ1n) is 4.89. The zero-order chi connectivity index (χ0) is 12.8. The van der Waals surface area contributed by atoms with Crippen molar-refractivity contribution in [2.45, 2.75) is 20.2 Å². The first kappa shape index (κ1) is 13.2. The molecule has 0 saturated heterocycles. The summed E-state index contributed by atoms with van der Waals surface area (Å²) in [7, 11) is 0. The predicted molar refractivity (Wildman–Crippen MR) is 72.5 cm³/mol. The molecule has 1 fully saturated rings. The van der Waals surface area contributed by atoms with Crippen molar-refractivity contribution in [2.75, 3.05) is 0 Å². The molecule has 1 nitrogen and oxygen atoms in total. The highest BCUT2D eigenvalue weighted by Gasteiger charge is 2.83. The fourth-order valence-corrected chi connectivity index (χ4v) is 6.13. The van der Waals surface area contributed by atoms with Gasteiger partial charge in [-0.1, -0.05) is 58.6 Å².